The third kappa shape index (κ3) is 3.74. The van der Waals surface area contributed by atoms with E-state index in [0.717, 1.165) is 25.2 Å². The number of aromatic nitrogens is 1. The predicted octanol–water partition coefficient (Wildman–Crippen LogP) is 2.67. The van der Waals surface area contributed by atoms with Gasteiger partial charge in [0.15, 0.2) is 0 Å². The smallest absolute Gasteiger partial charge is 0.313 e. The van der Waals surface area contributed by atoms with Crippen molar-refractivity contribution in [1.29, 1.82) is 0 Å². The standard InChI is InChI=1S/C16H17ClN4O3/c17-13-9-15(21(23)24)16(18-10-13)20-6-4-19(5-7-20)11-12-2-1-3-14(22)8-12/h1-3,8-10,22H,4-7,11H2. The van der Waals surface area contributed by atoms with Crippen molar-refractivity contribution in [1.82, 2.24) is 9.88 Å². The minimum absolute atomic E-state index is 0.0658. The van der Waals surface area contributed by atoms with Gasteiger partial charge in [0.25, 0.3) is 0 Å². The summed E-state index contributed by atoms with van der Waals surface area (Å²) in [5, 5.41) is 21.0. The monoisotopic (exact) mass is 348 g/mol. The van der Waals surface area contributed by atoms with E-state index >= 15 is 0 Å². The first-order valence-corrected chi connectivity index (χ1v) is 7.96. The molecule has 3 rings (SSSR count). The molecule has 1 aliphatic heterocycles. The number of halogens is 1. The number of rotatable bonds is 4. The van der Waals surface area contributed by atoms with Crippen LogP contribution in [0.25, 0.3) is 0 Å². The van der Waals surface area contributed by atoms with Crippen LogP contribution in [-0.4, -0.2) is 46.1 Å². The number of phenolic OH excluding ortho intramolecular Hbond substituents is 1. The second-order valence-electron chi connectivity index (χ2n) is 5.69. The maximum absolute atomic E-state index is 11.2. The average Bonchev–Trinajstić information content (AvgIpc) is 2.56. The Bertz CT molecular complexity index is 748. The summed E-state index contributed by atoms with van der Waals surface area (Å²) in [7, 11) is 0. The Morgan fingerprint density at radius 2 is 2.00 bits per heavy atom. The lowest BCUT2D eigenvalue weighted by Crippen LogP contribution is -2.46. The molecule has 126 valence electrons. The van der Waals surface area contributed by atoms with Crippen molar-refractivity contribution in [3.8, 4) is 5.75 Å². The zero-order chi connectivity index (χ0) is 17.1. The van der Waals surface area contributed by atoms with Gasteiger partial charge in [-0.25, -0.2) is 4.98 Å². The number of nitro groups is 1. The second kappa shape index (κ2) is 7.02. The zero-order valence-corrected chi connectivity index (χ0v) is 13.7. The number of hydrogen-bond donors (Lipinski definition) is 1. The van der Waals surface area contributed by atoms with Crippen LogP contribution in [0.4, 0.5) is 11.5 Å². The summed E-state index contributed by atoms with van der Waals surface area (Å²) in [6.45, 7) is 3.55. The highest BCUT2D eigenvalue weighted by molar-refractivity contribution is 6.30. The number of phenols is 1. The Morgan fingerprint density at radius 1 is 1.25 bits per heavy atom. The molecular weight excluding hydrogens is 332 g/mol. The molecule has 7 nitrogen and oxygen atoms in total. The summed E-state index contributed by atoms with van der Waals surface area (Å²) in [5.41, 5.74) is 0.975. The molecule has 1 aromatic carbocycles. The van der Waals surface area contributed by atoms with Crippen LogP contribution in [0, 0.1) is 10.1 Å². The maximum atomic E-state index is 11.2. The molecule has 0 amide bonds. The third-order valence-electron chi connectivity index (χ3n) is 4.00. The highest BCUT2D eigenvalue weighted by atomic mass is 35.5. The third-order valence-corrected chi connectivity index (χ3v) is 4.21. The Hall–Kier alpha value is -2.38. The van der Waals surface area contributed by atoms with Crippen LogP contribution in [-0.2, 0) is 6.54 Å². The molecule has 2 aromatic rings. The van der Waals surface area contributed by atoms with Crippen molar-refractivity contribution in [2.75, 3.05) is 31.1 Å². The molecule has 1 N–H and O–H groups in total. The normalized spacial score (nSPS) is 15.5. The van der Waals surface area contributed by atoms with Crippen LogP contribution >= 0.6 is 11.6 Å². The number of pyridine rings is 1. The largest absolute Gasteiger partial charge is 0.508 e. The van der Waals surface area contributed by atoms with Gasteiger partial charge in [-0.1, -0.05) is 23.7 Å². The van der Waals surface area contributed by atoms with Gasteiger partial charge in [-0.3, -0.25) is 15.0 Å². The van der Waals surface area contributed by atoms with Crippen LogP contribution in [0.2, 0.25) is 5.02 Å². The fourth-order valence-electron chi connectivity index (χ4n) is 2.83. The Labute approximate surface area is 144 Å². The average molecular weight is 349 g/mol. The maximum Gasteiger partial charge on any atom is 0.313 e. The molecule has 0 aliphatic carbocycles. The SMILES string of the molecule is O=[N+]([O-])c1cc(Cl)cnc1N1CCN(Cc2cccc(O)c2)CC1. The van der Waals surface area contributed by atoms with Gasteiger partial charge in [-0.15, -0.1) is 0 Å². The van der Waals surface area contributed by atoms with E-state index in [-0.39, 0.29) is 16.5 Å². The van der Waals surface area contributed by atoms with Gasteiger partial charge < -0.3 is 10.0 Å². The van der Waals surface area contributed by atoms with Gasteiger partial charge in [-0.05, 0) is 17.7 Å². The Kier molecular flexibility index (Phi) is 4.82. The van der Waals surface area contributed by atoms with E-state index in [4.69, 9.17) is 11.6 Å². The van der Waals surface area contributed by atoms with Gasteiger partial charge in [0.1, 0.15) is 5.75 Å². The van der Waals surface area contributed by atoms with E-state index in [1.54, 1.807) is 12.1 Å². The lowest BCUT2D eigenvalue weighted by atomic mass is 10.2. The number of piperazine rings is 1. The van der Waals surface area contributed by atoms with Crippen molar-refractivity contribution in [2.24, 2.45) is 0 Å². The summed E-state index contributed by atoms with van der Waals surface area (Å²) in [5.74, 6) is 0.619. The molecule has 2 heterocycles. The minimum atomic E-state index is -0.451. The first-order chi connectivity index (χ1) is 11.5. The van der Waals surface area contributed by atoms with E-state index < -0.39 is 4.92 Å². The number of nitrogens with zero attached hydrogens (tertiary/aromatic N) is 4. The van der Waals surface area contributed by atoms with Crippen LogP contribution in [0.1, 0.15) is 5.56 Å². The van der Waals surface area contributed by atoms with Gasteiger partial charge in [-0.2, -0.15) is 0 Å². The van der Waals surface area contributed by atoms with E-state index in [1.165, 1.54) is 12.3 Å². The number of benzene rings is 1. The molecule has 8 heteroatoms. The molecule has 0 bridgehead atoms. The molecule has 1 aliphatic rings. The molecule has 1 aromatic heterocycles. The minimum Gasteiger partial charge on any atom is -0.508 e. The van der Waals surface area contributed by atoms with Gasteiger partial charge in [0.05, 0.1) is 9.95 Å². The fraction of sp³-hybridized carbons (Fsp3) is 0.312. The van der Waals surface area contributed by atoms with Crippen molar-refractivity contribution >= 4 is 23.1 Å². The van der Waals surface area contributed by atoms with Crippen molar-refractivity contribution < 1.29 is 10.0 Å². The first kappa shape index (κ1) is 16.5. The van der Waals surface area contributed by atoms with Crippen LogP contribution < -0.4 is 4.90 Å². The van der Waals surface area contributed by atoms with E-state index in [0.29, 0.717) is 18.9 Å². The lowest BCUT2D eigenvalue weighted by molar-refractivity contribution is -0.384. The highest BCUT2D eigenvalue weighted by Gasteiger charge is 2.25. The molecule has 0 saturated carbocycles. The summed E-state index contributed by atoms with van der Waals surface area (Å²) in [6, 6.07) is 8.52. The van der Waals surface area contributed by atoms with Crippen LogP contribution in [0.15, 0.2) is 36.5 Å². The Balaban J connectivity index is 1.66. The molecule has 0 unspecified atom stereocenters. The fourth-order valence-corrected chi connectivity index (χ4v) is 2.98. The second-order valence-corrected chi connectivity index (χ2v) is 6.12. The molecule has 1 fully saturated rings. The lowest BCUT2D eigenvalue weighted by Gasteiger charge is -2.35. The zero-order valence-electron chi connectivity index (χ0n) is 12.9. The van der Waals surface area contributed by atoms with Crippen molar-refractivity contribution in [2.45, 2.75) is 6.54 Å². The molecule has 24 heavy (non-hydrogen) atoms. The van der Waals surface area contributed by atoms with Gasteiger partial charge in [0.2, 0.25) is 5.82 Å². The van der Waals surface area contributed by atoms with E-state index in [1.807, 2.05) is 17.0 Å². The first-order valence-electron chi connectivity index (χ1n) is 7.58. The van der Waals surface area contributed by atoms with E-state index in [9.17, 15) is 15.2 Å². The summed E-state index contributed by atoms with van der Waals surface area (Å²) < 4.78 is 0. The number of hydrogen-bond acceptors (Lipinski definition) is 6. The van der Waals surface area contributed by atoms with Gasteiger partial charge >= 0.3 is 5.69 Å². The number of aromatic hydroxyl groups is 1. The number of anilines is 1. The van der Waals surface area contributed by atoms with Crippen LogP contribution in [0.5, 0.6) is 5.75 Å². The predicted molar refractivity (Wildman–Crippen MR) is 91.5 cm³/mol. The summed E-state index contributed by atoms with van der Waals surface area (Å²) in [6.07, 6.45) is 1.43. The highest BCUT2D eigenvalue weighted by Crippen LogP contribution is 2.29. The summed E-state index contributed by atoms with van der Waals surface area (Å²) >= 11 is 5.81. The molecule has 1 saturated heterocycles. The van der Waals surface area contributed by atoms with E-state index in [2.05, 4.69) is 9.88 Å². The molecule has 0 atom stereocenters. The summed E-state index contributed by atoms with van der Waals surface area (Å²) in [4.78, 5) is 19.0. The van der Waals surface area contributed by atoms with Crippen molar-refractivity contribution in [3.05, 3.63) is 57.2 Å². The van der Waals surface area contributed by atoms with Crippen LogP contribution in [0.3, 0.4) is 0 Å². The molecule has 0 spiro atoms. The quantitative estimate of drug-likeness (QED) is 0.675. The molecule has 0 radical (unpaired) electrons. The Morgan fingerprint density at radius 3 is 2.67 bits per heavy atom. The molecular formula is C16H17ClN4O3. The topological polar surface area (TPSA) is 82.7 Å². The van der Waals surface area contributed by atoms with Gasteiger partial charge in [0, 0.05) is 45.0 Å². The van der Waals surface area contributed by atoms with Crippen molar-refractivity contribution in [3.63, 3.8) is 0 Å².